The van der Waals surface area contributed by atoms with Crippen LogP contribution in [-0.4, -0.2) is 79.1 Å². The molecule has 2 aliphatic rings. The van der Waals surface area contributed by atoms with Crippen molar-refractivity contribution in [3.63, 3.8) is 0 Å². The van der Waals surface area contributed by atoms with Crippen molar-refractivity contribution in [2.45, 2.75) is 25.8 Å². The smallest absolute Gasteiger partial charge is 0.228 e. The molecule has 0 spiro atoms. The third kappa shape index (κ3) is 4.40. The third-order valence-corrected chi connectivity index (χ3v) is 7.37. The lowest BCUT2D eigenvalue weighted by Crippen LogP contribution is -2.45. The fraction of sp³-hybridized carbons (Fsp3) is 0.407. The summed E-state index contributed by atoms with van der Waals surface area (Å²) in [5, 5.41) is 12.9. The van der Waals surface area contributed by atoms with E-state index in [1.807, 2.05) is 40.9 Å². The second kappa shape index (κ2) is 9.48. The Labute approximate surface area is 211 Å². The zero-order chi connectivity index (χ0) is 24.6. The molecule has 6 rings (SSSR count). The summed E-state index contributed by atoms with van der Waals surface area (Å²) < 4.78 is 3.98. The van der Waals surface area contributed by atoms with Crippen molar-refractivity contribution in [2.75, 3.05) is 45.1 Å². The first-order chi connectivity index (χ1) is 17.5. The van der Waals surface area contributed by atoms with E-state index in [1.165, 1.54) is 0 Å². The van der Waals surface area contributed by atoms with Crippen molar-refractivity contribution in [1.82, 2.24) is 39.3 Å². The average molecular weight is 484 g/mol. The summed E-state index contributed by atoms with van der Waals surface area (Å²) in [6.45, 7) is 8.59. The van der Waals surface area contributed by atoms with Gasteiger partial charge in [0.25, 0.3) is 0 Å². The molecule has 9 nitrogen and oxygen atoms in total. The van der Waals surface area contributed by atoms with Crippen LogP contribution in [0.1, 0.15) is 24.1 Å². The number of aromatic nitrogens is 6. The molecule has 0 bridgehead atoms. The van der Waals surface area contributed by atoms with Crippen LogP contribution in [0.5, 0.6) is 0 Å². The molecule has 1 N–H and O–H groups in total. The van der Waals surface area contributed by atoms with Crippen LogP contribution in [0.25, 0.3) is 22.5 Å². The molecule has 0 radical (unpaired) electrons. The quantitative estimate of drug-likeness (QED) is 0.450. The maximum absolute atomic E-state index is 5.00. The van der Waals surface area contributed by atoms with E-state index in [9.17, 15) is 0 Å². The van der Waals surface area contributed by atoms with Gasteiger partial charge in [-0.3, -0.25) is 14.3 Å². The number of anilines is 2. The van der Waals surface area contributed by atoms with Gasteiger partial charge in [0, 0.05) is 74.9 Å². The zero-order valence-electron chi connectivity index (χ0n) is 21.2. The fourth-order valence-corrected chi connectivity index (χ4v) is 5.29. The van der Waals surface area contributed by atoms with E-state index < -0.39 is 0 Å². The molecule has 4 aromatic rings. The van der Waals surface area contributed by atoms with Gasteiger partial charge in [-0.15, -0.1) is 0 Å². The molecule has 0 amide bonds. The van der Waals surface area contributed by atoms with E-state index in [1.54, 1.807) is 0 Å². The molecule has 9 heteroatoms. The predicted molar refractivity (Wildman–Crippen MR) is 141 cm³/mol. The van der Waals surface area contributed by atoms with E-state index in [0.717, 1.165) is 85.3 Å². The van der Waals surface area contributed by atoms with Gasteiger partial charge < -0.3 is 10.2 Å². The van der Waals surface area contributed by atoms with Crippen LogP contribution in [0, 0.1) is 0 Å². The number of benzene rings is 1. The second-order valence-electron chi connectivity index (χ2n) is 10.00. The standard InChI is InChI=1S/C27H33N9/c1-19-17-22-24(26(34(3)31-22)20-7-5-4-6-8-20)25-21(19)18-28-27(30-25)29-23-9-10-36(32-23)16-15-35-13-11-33(2)12-14-35/h4-10,18-19H,11-17H2,1-3H3,(H,28,29,30,32)/t19-/m1/s1. The molecule has 36 heavy (non-hydrogen) atoms. The van der Waals surface area contributed by atoms with Crippen LogP contribution in [0.3, 0.4) is 0 Å². The number of nitrogens with zero attached hydrogens (tertiary/aromatic N) is 8. The minimum absolute atomic E-state index is 0.314. The van der Waals surface area contributed by atoms with Gasteiger partial charge in [-0.25, -0.2) is 9.97 Å². The van der Waals surface area contributed by atoms with Crippen LogP contribution >= 0.6 is 0 Å². The number of rotatable bonds is 6. The van der Waals surface area contributed by atoms with Crippen molar-refractivity contribution in [1.29, 1.82) is 0 Å². The number of hydrogen-bond donors (Lipinski definition) is 1. The first-order valence-corrected chi connectivity index (χ1v) is 12.7. The number of hydrogen-bond acceptors (Lipinski definition) is 7. The lowest BCUT2D eigenvalue weighted by atomic mass is 9.85. The minimum Gasteiger partial charge on any atom is -0.307 e. The Balaban J connectivity index is 1.24. The van der Waals surface area contributed by atoms with Crippen molar-refractivity contribution in [3.8, 4) is 22.5 Å². The number of fused-ring (bicyclic) bond motifs is 3. The second-order valence-corrected chi connectivity index (χ2v) is 10.00. The fourth-order valence-electron chi connectivity index (χ4n) is 5.29. The maximum Gasteiger partial charge on any atom is 0.228 e. The molecule has 3 aromatic heterocycles. The number of likely N-dealkylation sites (N-methyl/N-ethyl adjacent to an activating group) is 1. The van der Waals surface area contributed by atoms with Gasteiger partial charge in [-0.1, -0.05) is 37.3 Å². The Hall–Kier alpha value is -3.56. The monoisotopic (exact) mass is 483 g/mol. The Morgan fingerprint density at radius 3 is 2.58 bits per heavy atom. The molecule has 1 atom stereocenters. The van der Waals surface area contributed by atoms with Gasteiger partial charge in [-0.05, 0) is 19.4 Å². The molecule has 0 unspecified atom stereocenters. The topological polar surface area (TPSA) is 79.9 Å². The lowest BCUT2D eigenvalue weighted by molar-refractivity contribution is 0.149. The third-order valence-electron chi connectivity index (χ3n) is 7.37. The molecule has 1 fully saturated rings. The maximum atomic E-state index is 5.00. The normalized spacial score (nSPS) is 18.1. The minimum atomic E-state index is 0.314. The Bertz CT molecular complexity index is 1350. The van der Waals surface area contributed by atoms with E-state index >= 15 is 0 Å². The molecule has 4 heterocycles. The van der Waals surface area contributed by atoms with Crippen molar-refractivity contribution < 1.29 is 0 Å². The summed E-state index contributed by atoms with van der Waals surface area (Å²) in [7, 11) is 4.20. The SMILES string of the molecule is C[C@@H]1Cc2nn(C)c(-c3ccccc3)c2-c2nc(Nc3ccn(CCN4CCN(C)CC4)n3)ncc21. The first kappa shape index (κ1) is 22.9. The molecular formula is C27H33N9. The molecule has 186 valence electrons. The highest BCUT2D eigenvalue weighted by Gasteiger charge is 2.30. The highest BCUT2D eigenvalue weighted by molar-refractivity contribution is 5.84. The van der Waals surface area contributed by atoms with Gasteiger partial charge in [0.2, 0.25) is 5.95 Å². The first-order valence-electron chi connectivity index (χ1n) is 12.7. The Morgan fingerprint density at radius 1 is 0.972 bits per heavy atom. The highest BCUT2D eigenvalue weighted by Crippen LogP contribution is 2.43. The van der Waals surface area contributed by atoms with Crippen LogP contribution in [0.4, 0.5) is 11.8 Å². The number of nitrogens with one attached hydrogen (secondary N) is 1. The van der Waals surface area contributed by atoms with Crippen LogP contribution in [0.15, 0.2) is 48.8 Å². The lowest BCUT2D eigenvalue weighted by Gasteiger charge is -2.32. The van der Waals surface area contributed by atoms with Crippen LogP contribution in [-0.2, 0) is 20.0 Å². The van der Waals surface area contributed by atoms with Gasteiger partial charge in [0.05, 0.1) is 23.6 Å². The summed E-state index contributed by atoms with van der Waals surface area (Å²) in [5.41, 5.74) is 6.56. The summed E-state index contributed by atoms with van der Waals surface area (Å²) in [6, 6.07) is 12.4. The Kier molecular flexibility index (Phi) is 6.02. The molecule has 1 aromatic carbocycles. The number of aryl methyl sites for hydroxylation is 1. The number of piperazine rings is 1. The van der Waals surface area contributed by atoms with Crippen LogP contribution < -0.4 is 5.32 Å². The highest BCUT2D eigenvalue weighted by atomic mass is 15.3. The molecule has 0 saturated carbocycles. The summed E-state index contributed by atoms with van der Waals surface area (Å²) in [6.07, 6.45) is 4.87. The average Bonchev–Trinajstić information content (AvgIpc) is 3.47. The van der Waals surface area contributed by atoms with E-state index in [4.69, 9.17) is 15.2 Å². The van der Waals surface area contributed by atoms with E-state index in [2.05, 4.69) is 58.3 Å². The van der Waals surface area contributed by atoms with Crippen LogP contribution in [0.2, 0.25) is 0 Å². The molecular weight excluding hydrogens is 450 g/mol. The van der Waals surface area contributed by atoms with E-state index in [-0.39, 0.29) is 0 Å². The summed E-state index contributed by atoms with van der Waals surface area (Å²) in [4.78, 5) is 14.5. The largest absolute Gasteiger partial charge is 0.307 e. The van der Waals surface area contributed by atoms with Gasteiger partial charge in [0.15, 0.2) is 5.82 Å². The van der Waals surface area contributed by atoms with Crippen molar-refractivity contribution >= 4 is 11.8 Å². The van der Waals surface area contributed by atoms with Gasteiger partial charge >= 0.3 is 0 Å². The molecule has 1 aliphatic heterocycles. The van der Waals surface area contributed by atoms with Gasteiger partial charge in [-0.2, -0.15) is 10.2 Å². The molecule has 1 aliphatic carbocycles. The zero-order valence-corrected chi connectivity index (χ0v) is 21.2. The van der Waals surface area contributed by atoms with Crippen molar-refractivity contribution in [2.24, 2.45) is 7.05 Å². The predicted octanol–water partition coefficient (Wildman–Crippen LogP) is 3.39. The summed E-state index contributed by atoms with van der Waals surface area (Å²) >= 11 is 0. The van der Waals surface area contributed by atoms with Crippen molar-refractivity contribution in [3.05, 3.63) is 60.0 Å². The van der Waals surface area contributed by atoms with E-state index in [0.29, 0.717) is 11.9 Å². The summed E-state index contributed by atoms with van der Waals surface area (Å²) in [5.74, 6) is 1.63. The Morgan fingerprint density at radius 2 is 1.78 bits per heavy atom. The van der Waals surface area contributed by atoms with Gasteiger partial charge in [0.1, 0.15) is 0 Å². The molecule has 1 saturated heterocycles.